The van der Waals surface area contributed by atoms with Crippen LogP contribution in [0, 0.1) is 11.6 Å². The molecule has 12 heteroatoms. The van der Waals surface area contributed by atoms with Crippen LogP contribution in [0.4, 0.5) is 8.78 Å². The Hall–Kier alpha value is -3.04. The normalized spacial score (nSPS) is 13.4. The lowest BCUT2D eigenvalue weighted by Gasteiger charge is -2.20. The molecule has 0 N–H and O–H groups in total. The van der Waals surface area contributed by atoms with Gasteiger partial charge in [-0.3, -0.25) is 4.57 Å². The number of ether oxygens (including phenoxy) is 1. The van der Waals surface area contributed by atoms with Crippen molar-refractivity contribution in [3.05, 3.63) is 89.1 Å². The van der Waals surface area contributed by atoms with Crippen LogP contribution in [0.2, 0.25) is 5.02 Å². The van der Waals surface area contributed by atoms with Gasteiger partial charge in [-0.2, -0.15) is 0 Å². The van der Waals surface area contributed by atoms with E-state index in [1.54, 1.807) is 6.07 Å². The molecule has 0 aliphatic carbocycles. The van der Waals surface area contributed by atoms with Crippen LogP contribution in [0.25, 0.3) is 10.9 Å². The van der Waals surface area contributed by atoms with Crippen molar-refractivity contribution in [2.45, 2.75) is 18.7 Å². The van der Waals surface area contributed by atoms with Crippen molar-refractivity contribution < 1.29 is 35.8 Å². The fraction of sp³-hybridized carbons (Fsp3) is 0.160. The van der Waals surface area contributed by atoms with Crippen LogP contribution in [0.15, 0.2) is 71.6 Å². The first-order valence-corrected chi connectivity index (χ1v) is 14.5. The highest BCUT2D eigenvalue weighted by Crippen LogP contribution is 2.49. The van der Waals surface area contributed by atoms with Gasteiger partial charge in [0.2, 0.25) is 0 Å². The lowest BCUT2D eigenvalue weighted by molar-refractivity contribution is 0.0520. The minimum Gasteiger partial charge on any atom is -0.461 e. The van der Waals surface area contributed by atoms with Crippen LogP contribution in [-0.2, 0) is 23.8 Å². The molecule has 1 aromatic heterocycles. The van der Waals surface area contributed by atoms with Gasteiger partial charge in [-0.15, -0.1) is 0 Å². The predicted octanol–water partition coefficient (Wildman–Crippen LogP) is 5.25. The molecule has 4 rings (SSSR count). The van der Waals surface area contributed by atoms with Crippen molar-refractivity contribution in [3.63, 3.8) is 0 Å². The average Bonchev–Trinajstić information content (AvgIpc) is 3.20. The number of hydrogen-bond donors (Lipinski definition) is 0. The Morgan fingerprint density at radius 3 is 2.22 bits per heavy atom. The molecule has 37 heavy (non-hydrogen) atoms. The van der Waals surface area contributed by atoms with Gasteiger partial charge >= 0.3 is 5.97 Å². The zero-order valence-corrected chi connectivity index (χ0v) is 22.1. The van der Waals surface area contributed by atoms with Crippen LogP contribution in [0.1, 0.15) is 24.3 Å². The molecule has 0 spiro atoms. The van der Waals surface area contributed by atoms with Gasteiger partial charge in [0.25, 0.3) is 17.4 Å². The highest BCUT2D eigenvalue weighted by atomic mass is 35.5. The molecular formula is C25H21ClF2NO6PS. The summed E-state index contributed by atoms with van der Waals surface area (Å²) in [5.74, 6) is -3.20. The number of nitrogens with zero attached hydrogens (tertiary/aromatic N) is 1. The lowest BCUT2D eigenvalue weighted by atomic mass is 10.2. The van der Waals surface area contributed by atoms with E-state index in [4.69, 9.17) is 20.9 Å². The third-order valence-electron chi connectivity index (χ3n) is 5.40. The van der Waals surface area contributed by atoms with Gasteiger partial charge in [-0.05, 0) is 56.3 Å². The SMILES string of the molecule is CCOC(=O)c1c(P(=O)(OCC)c2cc(F)cc(F)c2)c2cc(Cl)ccc2n1S(=O)(=O)c1ccccc1. The lowest BCUT2D eigenvalue weighted by Crippen LogP contribution is -2.28. The molecule has 4 aromatic rings. The largest absolute Gasteiger partial charge is 0.461 e. The number of halogens is 3. The van der Waals surface area contributed by atoms with Crippen molar-refractivity contribution in [1.29, 1.82) is 0 Å². The molecule has 0 bridgehead atoms. The Labute approximate surface area is 217 Å². The van der Waals surface area contributed by atoms with E-state index in [-0.39, 0.29) is 34.0 Å². The first kappa shape index (κ1) is 27.0. The van der Waals surface area contributed by atoms with Crippen LogP contribution in [0.3, 0.4) is 0 Å². The molecule has 0 aliphatic rings. The molecule has 1 heterocycles. The Balaban J connectivity index is 2.24. The Kier molecular flexibility index (Phi) is 7.57. The zero-order valence-electron chi connectivity index (χ0n) is 19.7. The molecule has 194 valence electrons. The van der Waals surface area contributed by atoms with Gasteiger partial charge in [-0.1, -0.05) is 29.8 Å². The van der Waals surface area contributed by atoms with Gasteiger partial charge in [-0.25, -0.2) is 26.0 Å². The number of benzene rings is 3. The van der Waals surface area contributed by atoms with Crippen LogP contribution in [0.5, 0.6) is 0 Å². The molecule has 1 atom stereocenters. The molecule has 0 radical (unpaired) electrons. The quantitative estimate of drug-likeness (QED) is 0.213. The van der Waals surface area contributed by atoms with Gasteiger partial charge in [0, 0.05) is 21.8 Å². The molecule has 0 amide bonds. The predicted molar refractivity (Wildman–Crippen MR) is 137 cm³/mol. The van der Waals surface area contributed by atoms with Crippen molar-refractivity contribution in [2.24, 2.45) is 0 Å². The summed E-state index contributed by atoms with van der Waals surface area (Å²) >= 11 is 6.22. The second-order valence-electron chi connectivity index (χ2n) is 7.76. The van der Waals surface area contributed by atoms with E-state index in [0.29, 0.717) is 10.0 Å². The second kappa shape index (κ2) is 10.4. The minimum absolute atomic E-state index is 0.0171. The van der Waals surface area contributed by atoms with E-state index in [9.17, 15) is 26.6 Å². The number of aromatic nitrogens is 1. The molecule has 7 nitrogen and oxygen atoms in total. The van der Waals surface area contributed by atoms with Crippen molar-refractivity contribution >= 4 is 56.5 Å². The number of hydrogen-bond acceptors (Lipinski definition) is 6. The molecular weight excluding hydrogens is 547 g/mol. The van der Waals surface area contributed by atoms with Crippen LogP contribution < -0.4 is 10.6 Å². The Bertz CT molecular complexity index is 1640. The molecule has 0 saturated heterocycles. The Morgan fingerprint density at radius 2 is 1.62 bits per heavy atom. The smallest absolute Gasteiger partial charge is 0.356 e. The van der Waals surface area contributed by atoms with Gasteiger partial charge < -0.3 is 9.26 Å². The maximum atomic E-state index is 14.6. The summed E-state index contributed by atoms with van der Waals surface area (Å²) in [4.78, 5) is 13.2. The van der Waals surface area contributed by atoms with Gasteiger partial charge in [0.05, 0.1) is 28.9 Å². The summed E-state index contributed by atoms with van der Waals surface area (Å²) in [6.07, 6.45) is 0. The average molecular weight is 568 g/mol. The molecule has 0 saturated carbocycles. The number of rotatable bonds is 8. The topological polar surface area (TPSA) is 91.7 Å². The maximum Gasteiger partial charge on any atom is 0.356 e. The first-order valence-electron chi connectivity index (χ1n) is 11.1. The summed E-state index contributed by atoms with van der Waals surface area (Å²) in [6, 6.07) is 13.5. The first-order chi connectivity index (χ1) is 17.5. The summed E-state index contributed by atoms with van der Waals surface area (Å²) in [7, 11) is -9.00. The minimum atomic E-state index is -4.52. The number of carbonyl (C=O) groups excluding carboxylic acids is 1. The highest BCUT2D eigenvalue weighted by Gasteiger charge is 2.42. The van der Waals surface area contributed by atoms with Gasteiger partial charge in [0.15, 0.2) is 5.69 Å². The van der Waals surface area contributed by atoms with E-state index < -0.39 is 51.3 Å². The van der Waals surface area contributed by atoms with E-state index in [1.165, 1.54) is 56.3 Å². The third kappa shape index (κ3) is 4.82. The highest BCUT2D eigenvalue weighted by molar-refractivity contribution is 7.90. The number of carbonyl (C=O) groups is 1. The summed E-state index contributed by atoms with van der Waals surface area (Å²) in [5, 5.41) is -0.688. The maximum absolute atomic E-state index is 14.6. The summed E-state index contributed by atoms with van der Waals surface area (Å²) in [6.45, 7) is 2.67. The van der Waals surface area contributed by atoms with Crippen LogP contribution in [-0.4, -0.2) is 31.6 Å². The molecule has 3 aromatic carbocycles. The Morgan fingerprint density at radius 1 is 0.973 bits per heavy atom. The fourth-order valence-electron chi connectivity index (χ4n) is 4.00. The van der Waals surface area contributed by atoms with E-state index in [2.05, 4.69) is 0 Å². The van der Waals surface area contributed by atoms with E-state index in [0.717, 1.165) is 12.1 Å². The summed E-state index contributed by atoms with van der Waals surface area (Å²) < 4.78 is 82.4. The summed E-state index contributed by atoms with van der Waals surface area (Å²) in [5.41, 5.74) is -0.674. The number of esters is 1. The second-order valence-corrected chi connectivity index (χ2v) is 12.3. The molecule has 0 aliphatic heterocycles. The van der Waals surface area contributed by atoms with E-state index >= 15 is 0 Å². The van der Waals surface area contributed by atoms with Crippen molar-refractivity contribution in [1.82, 2.24) is 3.97 Å². The zero-order chi connectivity index (χ0) is 27.0. The van der Waals surface area contributed by atoms with Crippen molar-refractivity contribution in [2.75, 3.05) is 13.2 Å². The van der Waals surface area contributed by atoms with E-state index in [1.807, 2.05) is 0 Å². The third-order valence-corrected chi connectivity index (χ3v) is 9.97. The molecule has 0 fully saturated rings. The standard InChI is InChI=1S/C25H21ClF2NO6PS/c1-3-34-25(30)23-24(36(31,35-4-2)19-14-17(27)13-18(28)15-19)21-12-16(26)10-11-22(21)29(23)37(32,33)20-8-6-5-7-9-20/h5-15H,3-4H2,1-2H3. The molecule has 1 unspecified atom stereocenters. The monoisotopic (exact) mass is 567 g/mol. The van der Waals surface area contributed by atoms with Crippen LogP contribution >= 0.6 is 19.0 Å². The fourth-order valence-corrected chi connectivity index (χ4v) is 8.23. The van der Waals surface area contributed by atoms with Gasteiger partial charge in [0.1, 0.15) is 11.6 Å². The van der Waals surface area contributed by atoms with Crippen molar-refractivity contribution in [3.8, 4) is 0 Å². The number of fused-ring (bicyclic) bond motifs is 1.